The lowest BCUT2D eigenvalue weighted by molar-refractivity contribution is 0.0943. The summed E-state index contributed by atoms with van der Waals surface area (Å²) in [7, 11) is 0. The van der Waals surface area contributed by atoms with E-state index < -0.39 is 0 Å². The van der Waals surface area contributed by atoms with Crippen LogP contribution in [-0.4, -0.2) is 5.78 Å². The van der Waals surface area contributed by atoms with E-state index in [-0.39, 0.29) is 5.41 Å². The van der Waals surface area contributed by atoms with Crippen LogP contribution in [0, 0.1) is 11.8 Å². The molecular weight excluding hydrogens is 256 g/mol. The van der Waals surface area contributed by atoms with E-state index in [4.69, 9.17) is 0 Å². The number of hydrogen-bond acceptors (Lipinski definition) is 1. The Hall–Kier alpha value is -1.37. The van der Waals surface area contributed by atoms with E-state index in [1.165, 1.54) is 24.0 Å². The summed E-state index contributed by atoms with van der Waals surface area (Å²) in [5, 5.41) is 0. The largest absolute Gasteiger partial charge is 0.294 e. The zero-order valence-corrected chi connectivity index (χ0v) is 13.1. The predicted molar refractivity (Wildman–Crippen MR) is 85.7 cm³/mol. The van der Waals surface area contributed by atoms with Crippen LogP contribution >= 0.6 is 0 Å². The molecule has 1 spiro atoms. The van der Waals surface area contributed by atoms with Crippen LogP contribution in [0.3, 0.4) is 0 Å². The maximum absolute atomic E-state index is 12.5. The second kappa shape index (κ2) is 4.56. The highest BCUT2D eigenvalue weighted by Crippen LogP contribution is 2.58. The summed E-state index contributed by atoms with van der Waals surface area (Å²) >= 11 is 0. The maximum Gasteiger partial charge on any atom is 0.163 e. The molecule has 0 heterocycles. The summed E-state index contributed by atoms with van der Waals surface area (Å²) in [6, 6.07) is 6.79. The number of carbonyl (C=O) groups is 1. The molecule has 1 aromatic rings. The quantitative estimate of drug-likeness (QED) is 0.696. The van der Waals surface area contributed by atoms with Crippen LogP contribution in [0.2, 0.25) is 0 Å². The zero-order valence-electron chi connectivity index (χ0n) is 13.1. The Labute approximate surface area is 127 Å². The molecule has 1 fully saturated rings. The van der Waals surface area contributed by atoms with Crippen molar-refractivity contribution >= 4 is 5.78 Å². The SMILES string of the molecule is CCC(C)c1ccc2c(c1)C(=O)CCC21CC2C=CC1C2. The van der Waals surface area contributed by atoms with Crippen molar-refractivity contribution in [2.45, 2.75) is 57.3 Å². The highest BCUT2D eigenvalue weighted by molar-refractivity contribution is 5.99. The van der Waals surface area contributed by atoms with Crippen LogP contribution < -0.4 is 0 Å². The molecule has 3 aliphatic rings. The number of carbonyl (C=O) groups excluding carboxylic acids is 1. The molecule has 0 amide bonds. The molecule has 0 N–H and O–H groups in total. The Morgan fingerprint density at radius 2 is 2.19 bits per heavy atom. The van der Waals surface area contributed by atoms with Crippen molar-refractivity contribution < 1.29 is 4.79 Å². The molecule has 4 atom stereocenters. The van der Waals surface area contributed by atoms with Gasteiger partial charge in [-0.05, 0) is 60.6 Å². The van der Waals surface area contributed by atoms with E-state index in [2.05, 4.69) is 44.2 Å². The van der Waals surface area contributed by atoms with Gasteiger partial charge in [0, 0.05) is 17.4 Å². The fourth-order valence-electron chi connectivity index (χ4n) is 4.93. The van der Waals surface area contributed by atoms with Gasteiger partial charge in [0.2, 0.25) is 0 Å². The van der Waals surface area contributed by atoms with Crippen LogP contribution in [0.15, 0.2) is 30.4 Å². The van der Waals surface area contributed by atoms with Gasteiger partial charge in [0.1, 0.15) is 0 Å². The highest BCUT2D eigenvalue weighted by Gasteiger charge is 2.52. The van der Waals surface area contributed by atoms with Crippen molar-refractivity contribution in [2.75, 3.05) is 0 Å². The number of Topliss-reactive ketones (excluding diaryl/α,β-unsaturated/α-hetero) is 1. The summed E-state index contributed by atoms with van der Waals surface area (Å²) in [5.41, 5.74) is 4.01. The first-order valence-corrected chi connectivity index (χ1v) is 8.50. The van der Waals surface area contributed by atoms with Gasteiger partial charge in [0.25, 0.3) is 0 Å². The van der Waals surface area contributed by atoms with Crippen molar-refractivity contribution in [3.8, 4) is 0 Å². The van der Waals surface area contributed by atoms with Crippen LogP contribution in [0.5, 0.6) is 0 Å². The molecule has 0 saturated heterocycles. The Bertz CT molecular complexity index is 627. The van der Waals surface area contributed by atoms with Gasteiger partial charge >= 0.3 is 0 Å². The van der Waals surface area contributed by atoms with Crippen molar-refractivity contribution in [2.24, 2.45) is 11.8 Å². The molecule has 110 valence electrons. The summed E-state index contributed by atoms with van der Waals surface area (Å²) in [6.45, 7) is 4.47. The van der Waals surface area contributed by atoms with E-state index in [0.29, 0.717) is 17.6 Å². The van der Waals surface area contributed by atoms with E-state index in [1.54, 1.807) is 0 Å². The smallest absolute Gasteiger partial charge is 0.163 e. The lowest BCUT2D eigenvalue weighted by Crippen LogP contribution is -2.37. The standard InChI is InChI=1S/C20H24O/c1-3-13(2)15-5-7-18-17(11-15)19(21)8-9-20(18)12-14-4-6-16(20)10-14/h4-7,11,13-14,16H,3,8-10,12H2,1-2H3. The molecule has 0 radical (unpaired) electrons. The van der Waals surface area contributed by atoms with Crippen LogP contribution in [0.25, 0.3) is 0 Å². The topological polar surface area (TPSA) is 17.1 Å². The molecule has 2 bridgehead atoms. The molecule has 4 unspecified atom stereocenters. The van der Waals surface area contributed by atoms with Crippen molar-refractivity contribution in [1.29, 1.82) is 0 Å². The Morgan fingerprint density at radius 1 is 1.33 bits per heavy atom. The normalized spacial score (nSPS) is 34.5. The summed E-state index contributed by atoms with van der Waals surface area (Å²) < 4.78 is 0. The van der Waals surface area contributed by atoms with E-state index in [9.17, 15) is 4.79 Å². The molecule has 1 saturated carbocycles. The molecular formula is C20H24O. The minimum absolute atomic E-state index is 0.274. The van der Waals surface area contributed by atoms with Gasteiger partial charge in [-0.2, -0.15) is 0 Å². The van der Waals surface area contributed by atoms with Gasteiger partial charge < -0.3 is 0 Å². The fourth-order valence-corrected chi connectivity index (χ4v) is 4.93. The molecule has 0 aliphatic heterocycles. The number of fused-ring (bicyclic) bond motifs is 5. The number of rotatable bonds is 2. The Balaban J connectivity index is 1.83. The molecule has 4 rings (SSSR count). The lowest BCUT2D eigenvalue weighted by Gasteiger charge is -2.40. The monoisotopic (exact) mass is 280 g/mol. The first-order valence-electron chi connectivity index (χ1n) is 8.50. The summed E-state index contributed by atoms with van der Waals surface area (Å²) in [5.74, 6) is 2.34. The first-order chi connectivity index (χ1) is 10.1. The summed E-state index contributed by atoms with van der Waals surface area (Å²) in [6.07, 6.45) is 10.3. The first kappa shape index (κ1) is 13.3. The second-order valence-corrected chi connectivity index (χ2v) is 7.38. The van der Waals surface area contributed by atoms with Gasteiger partial charge in [-0.3, -0.25) is 4.79 Å². The minimum atomic E-state index is 0.274. The Morgan fingerprint density at radius 3 is 2.86 bits per heavy atom. The maximum atomic E-state index is 12.5. The predicted octanol–water partition coefficient (Wildman–Crippen LogP) is 5.01. The molecule has 1 aromatic carbocycles. The van der Waals surface area contributed by atoms with Gasteiger partial charge in [-0.25, -0.2) is 0 Å². The number of ketones is 1. The fraction of sp³-hybridized carbons (Fsp3) is 0.550. The van der Waals surface area contributed by atoms with Gasteiger partial charge in [0.05, 0.1) is 0 Å². The van der Waals surface area contributed by atoms with Gasteiger partial charge in [-0.1, -0.05) is 38.1 Å². The van der Waals surface area contributed by atoms with Crippen molar-refractivity contribution in [3.63, 3.8) is 0 Å². The third-order valence-electron chi connectivity index (χ3n) is 6.37. The van der Waals surface area contributed by atoms with E-state index in [0.717, 1.165) is 30.7 Å². The lowest BCUT2D eigenvalue weighted by atomic mass is 9.62. The molecule has 1 nitrogen and oxygen atoms in total. The van der Waals surface area contributed by atoms with Crippen molar-refractivity contribution in [3.05, 3.63) is 47.0 Å². The minimum Gasteiger partial charge on any atom is -0.294 e. The molecule has 1 heteroatoms. The average molecular weight is 280 g/mol. The molecule has 0 aromatic heterocycles. The summed E-state index contributed by atoms with van der Waals surface area (Å²) in [4.78, 5) is 12.5. The second-order valence-electron chi connectivity index (χ2n) is 7.38. The van der Waals surface area contributed by atoms with Crippen molar-refractivity contribution in [1.82, 2.24) is 0 Å². The number of hydrogen-bond donors (Lipinski definition) is 0. The van der Waals surface area contributed by atoms with E-state index >= 15 is 0 Å². The third-order valence-corrected chi connectivity index (χ3v) is 6.37. The number of allylic oxidation sites excluding steroid dienone is 2. The van der Waals surface area contributed by atoms with E-state index in [1.807, 2.05) is 0 Å². The van der Waals surface area contributed by atoms with Crippen LogP contribution in [-0.2, 0) is 5.41 Å². The number of benzene rings is 1. The van der Waals surface area contributed by atoms with Crippen LogP contribution in [0.4, 0.5) is 0 Å². The third kappa shape index (κ3) is 1.79. The molecule has 21 heavy (non-hydrogen) atoms. The average Bonchev–Trinajstić information content (AvgIpc) is 3.11. The Kier molecular flexibility index (Phi) is 2.89. The molecule has 3 aliphatic carbocycles. The van der Waals surface area contributed by atoms with Gasteiger partial charge in [0.15, 0.2) is 5.78 Å². The highest BCUT2D eigenvalue weighted by atomic mass is 16.1. The zero-order chi connectivity index (χ0) is 14.6. The van der Waals surface area contributed by atoms with Gasteiger partial charge in [-0.15, -0.1) is 0 Å². The van der Waals surface area contributed by atoms with Crippen LogP contribution in [0.1, 0.15) is 73.4 Å².